The Hall–Kier alpha value is -1.47. The average Bonchev–Trinajstić information content (AvgIpc) is 2.83. The highest BCUT2D eigenvalue weighted by Gasteiger charge is 2.28. The number of thiophene rings is 1. The maximum absolute atomic E-state index is 12.2. The van der Waals surface area contributed by atoms with Crippen LogP contribution in [0, 0.1) is 5.92 Å². The fourth-order valence-electron chi connectivity index (χ4n) is 2.58. The van der Waals surface area contributed by atoms with E-state index in [9.17, 15) is 9.90 Å². The van der Waals surface area contributed by atoms with Gasteiger partial charge in [0.1, 0.15) is 15.6 Å². The van der Waals surface area contributed by atoms with Gasteiger partial charge in [-0.2, -0.15) is 0 Å². The molecule has 2 rings (SSSR count). The van der Waals surface area contributed by atoms with Crippen molar-refractivity contribution in [2.75, 3.05) is 51.5 Å². The van der Waals surface area contributed by atoms with Gasteiger partial charge in [0.25, 0.3) is 5.91 Å². The lowest BCUT2D eigenvalue weighted by Gasteiger charge is -2.32. The van der Waals surface area contributed by atoms with Crippen LogP contribution in [0.5, 0.6) is 5.75 Å². The van der Waals surface area contributed by atoms with Crippen LogP contribution in [0.2, 0.25) is 0 Å². The summed E-state index contributed by atoms with van der Waals surface area (Å²) in [6.07, 6.45) is 2.04. The third kappa shape index (κ3) is 3.08. The number of nitrogens with two attached hydrogens (primary N) is 1. The number of nitrogen functional groups attached to an aromatic ring is 1. The van der Waals surface area contributed by atoms with Gasteiger partial charge in [-0.15, -0.1) is 11.3 Å². The van der Waals surface area contributed by atoms with E-state index in [0.717, 1.165) is 30.9 Å². The van der Waals surface area contributed by atoms with Crippen molar-refractivity contribution in [1.29, 1.82) is 0 Å². The van der Waals surface area contributed by atoms with E-state index >= 15 is 0 Å². The van der Waals surface area contributed by atoms with Gasteiger partial charge in [0.2, 0.25) is 0 Å². The second-order valence-electron chi connectivity index (χ2n) is 5.52. The molecule has 7 heteroatoms. The summed E-state index contributed by atoms with van der Waals surface area (Å²) >= 11 is 1.37. The first-order valence-corrected chi connectivity index (χ1v) is 7.84. The molecule has 0 saturated carbocycles. The molecule has 3 N–H and O–H groups in total. The van der Waals surface area contributed by atoms with Crippen LogP contribution in [0.15, 0.2) is 0 Å². The van der Waals surface area contributed by atoms with Crippen LogP contribution in [0.4, 0.5) is 10.7 Å². The molecule has 0 radical (unpaired) electrons. The highest BCUT2D eigenvalue weighted by molar-refractivity contribution is 7.19. The molecule has 1 amide bonds. The number of piperidine rings is 1. The minimum atomic E-state index is -0.113. The Balaban J connectivity index is 2.35. The number of hydrogen-bond acceptors (Lipinski definition) is 6. The van der Waals surface area contributed by atoms with Crippen LogP contribution >= 0.6 is 11.3 Å². The molecule has 0 aliphatic carbocycles. The Morgan fingerprint density at radius 2 is 2.29 bits per heavy atom. The molecule has 1 aliphatic heterocycles. The van der Waals surface area contributed by atoms with E-state index in [1.54, 1.807) is 21.2 Å². The number of amides is 1. The van der Waals surface area contributed by atoms with Gasteiger partial charge in [-0.3, -0.25) is 4.79 Å². The summed E-state index contributed by atoms with van der Waals surface area (Å²) in [4.78, 5) is 16.4. The van der Waals surface area contributed by atoms with Crippen molar-refractivity contribution in [1.82, 2.24) is 4.90 Å². The highest BCUT2D eigenvalue weighted by Crippen LogP contribution is 2.46. The molecule has 0 bridgehead atoms. The molecule has 0 aromatic carbocycles. The van der Waals surface area contributed by atoms with Gasteiger partial charge in [-0.1, -0.05) is 0 Å². The van der Waals surface area contributed by atoms with Gasteiger partial charge in [0.05, 0.1) is 7.11 Å². The molecule has 1 aromatic rings. The standard InChI is InChI=1S/C14H23N3O3S/c1-16(2)13(19)12-10(15)11(20-3)14(21-12)17-6-4-5-9(7-17)8-18/h9,18H,4-8,15H2,1-3H3. The summed E-state index contributed by atoms with van der Waals surface area (Å²) in [5, 5.41) is 10.3. The quantitative estimate of drug-likeness (QED) is 0.874. The van der Waals surface area contributed by atoms with Crippen molar-refractivity contribution >= 4 is 27.9 Å². The van der Waals surface area contributed by atoms with Crippen molar-refractivity contribution in [2.24, 2.45) is 5.92 Å². The monoisotopic (exact) mass is 313 g/mol. The van der Waals surface area contributed by atoms with Gasteiger partial charge in [0.15, 0.2) is 5.75 Å². The largest absolute Gasteiger partial charge is 0.492 e. The molecule has 118 valence electrons. The number of carbonyl (C=O) groups excluding carboxylic acids is 1. The van der Waals surface area contributed by atoms with E-state index < -0.39 is 0 Å². The Morgan fingerprint density at radius 1 is 1.57 bits per heavy atom. The first-order valence-electron chi connectivity index (χ1n) is 7.03. The van der Waals surface area contributed by atoms with Gasteiger partial charge >= 0.3 is 0 Å². The Bertz CT molecular complexity index is 516. The molecule has 2 heterocycles. The van der Waals surface area contributed by atoms with E-state index in [2.05, 4.69) is 4.90 Å². The second-order valence-corrected chi connectivity index (χ2v) is 6.52. The first kappa shape index (κ1) is 15.9. The summed E-state index contributed by atoms with van der Waals surface area (Å²) < 4.78 is 5.42. The van der Waals surface area contributed by atoms with Crippen molar-refractivity contribution in [3.05, 3.63) is 4.88 Å². The van der Waals surface area contributed by atoms with Crippen molar-refractivity contribution in [2.45, 2.75) is 12.8 Å². The van der Waals surface area contributed by atoms with Gasteiger partial charge in [0, 0.05) is 33.8 Å². The maximum atomic E-state index is 12.2. The lowest BCUT2D eigenvalue weighted by Crippen LogP contribution is -2.36. The number of anilines is 2. The number of ether oxygens (including phenoxy) is 1. The highest BCUT2D eigenvalue weighted by atomic mass is 32.1. The number of carbonyl (C=O) groups is 1. The molecule has 1 aromatic heterocycles. The Labute approximate surface area is 129 Å². The van der Waals surface area contributed by atoms with Crippen molar-refractivity contribution in [3.63, 3.8) is 0 Å². The molecule has 1 fully saturated rings. The third-order valence-corrected chi connectivity index (χ3v) is 4.99. The van der Waals surface area contributed by atoms with E-state index in [4.69, 9.17) is 10.5 Å². The second kappa shape index (κ2) is 6.53. The Morgan fingerprint density at radius 3 is 2.86 bits per heavy atom. The summed E-state index contributed by atoms with van der Waals surface area (Å²) in [5.74, 6) is 0.723. The molecule has 6 nitrogen and oxygen atoms in total. The zero-order valence-electron chi connectivity index (χ0n) is 12.8. The van der Waals surface area contributed by atoms with Crippen LogP contribution in [0.25, 0.3) is 0 Å². The summed E-state index contributed by atoms with van der Waals surface area (Å²) in [6, 6.07) is 0. The zero-order valence-corrected chi connectivity index (χ0v) is 13.6. The summed E-state index contributed by atoms with van der Waals surface area (Å²) in [6.45, 7) is 1.84. The molecule has 1 unspecified atom stereocenters. The zero-order chi connectivity index (χ0) is 15.6. The summed E-state index contributed by atoms with van der Waals surface area (Å²) in [7, 11) is 4.98. The molecular formula is C14H23N3O3S. The SMILES string of the molecule is COc1c(N2CCCC(CO)C2)sc(C(=O)N(C)C)c1N. The van der Waals surface area contributed by atoms with Crippen LogP contribution in [-0.4, -0.2) is 56.8 Å². The molecular weight excluding hydrogens is 290 g/mol. The first-order chi connectivity index (χ1) is 9.99. The predicted octanol–water partition coefficient (Wildman–Crippen LogP) is 1.25. The molecule has 21 heavy (non-hydrogen) atoms. The van der Waals surface area contributed by atoms with E-state index in [1.807, 2.05) is 0 Å². The van der Waals surface area contributed by atoms with Crippen LogP contribution in [0.1, 0.15) is 22.5 Å². The molecule has 1 atom stereocenters. The smallest absolute Gasteiger partial charge is 0.265 e. The van der Waals surface area contributed by atoms with Crippen LogP contribution in [0.3, 0.4) is 0 Å². The van der Waals surface area contributed by atoms with Crippen molar-refractivity contribution in [3.8, 4) is 5.75 Å². The maximum Gasteiger partial charge on any atom is 0.265 e. The minimum absolute atomic E-state index is 0.113. The topological polar surface area (TPSA) is 79.0 Å². The lowest BCUT2D eigenvalue weighted by atomic mass is 9.99. The van der Waals surface area contributed by atoms with Gasteiger partial charge in [-0.25, -0.2) is 0 Å². The van der Waals surface area contributed by atoms with Crippen molar-refractivity contribution < 1.29 is 14.6 Å². The van der Waals surface area contributed by atoms with Gasteiger partial charge in [-0.05, 0) is 18.8 Å². The molecule has 0 spiro atoms. The number of nitrogens with zero attached hydrogens (tertiary/aromatic N) is 2. The third-order valence-electron chi connectivity index (χ3n) is 3.75. The normalized spacial score (nSPS) is 18.7. The number of methoxy groups -OCH3 is 1. The number of aliphatic hydroxyl groups excluding tert-OH is 1. The molecule has 1 saturated heterocycles. The molecule has 1 aliphatic rings. The van der Waals surface area contributed by atoms with Crippen LogP contribution < -0.4 is 15.4 Å². The predicted molar refractivity (Wildman–Crippen MR) is 85.3 cm³/mol. The van der Waals surface area contributed by atoms with Crippen LogP contribution in [-0.2, 0) is 0 Å². The average molecular weight is 313 g/mol. The Kier molecular flexibility index (Phi) is 4.95. The number of hydrogen-bond donors (Lipinski definition) is 2. The fraction of sp³-hybridized carbons (Fsp3) is 0.643. The minimum Gasteiger partial charge on any atom is -0.492 e. The van der Waals surface area contributed by atoms with Gasteiger partial charge < -0.3 is 25.4 Å². The fourth-order valence-corrected chi connectivity index (χ4v) is 3.83. The van der Waals surface area contributed by atoms with E-state index in [0.29, 0.717) is 16.3 Å². The lowest BCUT2D eigenvalue weighted by molar-refractivity contribution is 0.0833. The van der Waals surface area contributed by atoms with E-state index in [1.165, 1.54) is 16.2 Å². The summed E-state index contributed by atoms with van der Waals surface area (Å²) in [5.41, 5.74) is 6.49. The van der Waals surface area contributed by atoms with E-state index in [-0.39, 0.29) is 18.4 Å². The number of aliphatic hydroxyl groups is 1. The number of rotatable bonds is 4.